The molecule has 1 aliphatic rings. The van der Waals surface area contributed by atoms with Crippen molar-refractivity contribution in [2.24, 2.45) is 0 Å². The molecular weight excluding hydrogens is 440 g/mol. The molecule has 4 rings (SSSR count). The van der Waals surface area contributed by atoms with E-state index in [4.69, 9.17) is 9.47 Å². The first kappa shape index (κ1) is 22.5. The number of nitrogens with zero attached hydrogens (tertiary/aromatic N) is 1. The second kappa shape index (κ2) is 9.87. The molecule has 0 unspecified atom stereocenters. The smallest absolute Gasteiger partial charge is 0.348 e. The third kappa shape index (κ3) is 4.90. The Morgan fingerprint density at radius 1 is 1.06 bits per heavy atom. The number of esters is 1. The monoisotopic (exact) mass is 464 g/mol. The van der Waals surface area contributed by atoms with Gasteiger partial charge >= 0.3 is 5.97 Å². The molecule has 2 aromatic carbocycles. The number of thiophene rings is 1. The van der Waals surface area contributed by atoms with Crippen LogP contribution in [-0.2, 0) is 16.1 Å². The van der Waals surface area contributed by atoms with Gasteiger partial charge in [0.1, 0.15) is 17.2 Å². The Labute approximate surface area is 195 Å². The standard InChI is InChI=1S/C25H24N2O5S/c1-3-27(4-2)24(29)16-9-11-18(12-10-16)26-22(28)15-32-25(30)21-13-17-14-31-20-8-6-5-7-19(20)23(17)33-21/h5-13H,3-4,14-15H2,1-2H3,(H,26,28). The number of ether oxygens (including phenoxy) is 2. The molecule has 0 saturated carbocycles. The average Bonchev–Trinajstić information content (AvgIpc) is 3.29. The Kier molecular flexibility index (Phi) is 6.74. The van der Waals surface area contributed by atoms with Crippen molar-refractivity contribution >= 4 is 34.8 Å². The van der Waals surface area contributed by atoms with Crippen LogP contribution in [-0.4, -0.2) is 42.4 Å². The lowest BCUT2D eigenvalue weighted by Crippen LogP contribution is -2.30. The average molecular weight is 465 g/mol. The predicted octanol–water partition coefficient (Wildman–Crippen LogP) is 4.59. The zero-order valence-electron chi connectivity index (χ0n) is 18.4. The van der Waals surface area contributed by atoms with Crippen LogP contribution in [0.3, 0.4) is 0 Å². The summed E-state index contributed by atoms with van der Waals surface area (Å²) >= 11 is 1.33. The lowest BCUT2D eigenvalue weighted by molar-refractivity contribution is -0.119. The van der Waals surface area contributed by atoms with E-state index in [1.54, 1.807) is 35.2 Å². The zero-order chi connectivity index (χ0) is 23.4. The third-order valence-corrected chi connectivity index (χ3v) is 6.52. The number of hydrogen-bond acceptors (Lipinski definition) is 6. The molecule has 0 fully saturated rings. The highest BCUT2D eigenvalue weighted by Gasteiger charge is 2.23. The van der Waals surface area contributed by atoms with E-state index in [1.807, 2.05) is 38.1 Å². The summed E-state index contributed by atoms with van der Waals surface area (Å²) in [5.74, 6) is -0.280. The van der Waals surface area contributed by atoms with Crippen molar-refractivity contribution in [1.82, 2.24) is 4.90 Å². The SMILES string of the molecule is CCN(CC)C(=O)c1ccc(NC(=O)COC(=O)c2cc3c(s2)-c2ccccc2OC3)cc1. The summed E-state index contributed by atoms with van der Waals surface area (Å²) in [7, 11) is 0. The quantitative estimate of drug-likeness (QED) is 0.517. The molecule has 7 nitrogen and oxygen atoms in total. The van der Waals surface area contributed by atoms with Crippen LogP contribution in [0.4, 0.5) is 5.69 Å². The van der Waals surface area contributed by atoms with Gasteiger partial charge in [-0.1, -0.05) is 12.1 Å². The van der Waals surface area contributed by atoms with Gasteiger partial charge in [-0.2, -0.15) is 0 Å². The van der Waals surface area contributed by atoms with Crippen LogP contribution in [0.25, 0.3) is 10.4 Å². The first-order chi connectivity index (χ1) is 16.0. The van der Waals surface area contributed by atoms with Crippen LogP contribution in [0.5, 0.6) is 5.75 Å². The van der Waals surface area contributed by atoms with E-state index >= 15 is 0 Å². The van der Waals surface area contributed by atoms with Gasteiger partial charge in [-0.25, -0.2) is 4.79 Å². The molecule has 0 aliphatic carbocycles. The van der Waals surface area contributed by atoms with Crippen LogP contribution in [0, 0.1) is 0 Å². The Morgan fingerprint density at radius 2 is 1.79 bits per heavy atom. The first-order valence-corrected chi connectivity index (χ1v) is 11.5. The van der Waals surface area contributed by atoms with E-state index in [1.165, 1.54) is 11.3 Å². The van der Waals surface area contributed by atoms with Gasteiger partial charge in [-0.3, -0.25) is 9.59 Å². The van der Waals surface area contributed by atoms with E-state index in [9.17, 15) is 14.4 Å². The number of rotatable bonds is 7. The minimum Gasteiger partial charge on any atom is -0.488 e. The van der Waals surface area contributed by atoms with Crippen LogP contribution < -0.4 is 10.1 Å². The molecule has 3 aromatic rings. The largest absolute Gasteiger partial charge is 0.488 e. The van der Waals surface area contributed by atoms with Gasteiger partial charge in [-0.05, 0) is 56.3 Å². The number of carbonyl (C=O) groups excluding carboxylic acids is 3. The topological polar surface area (TPSA) is 84.9 Å². The van der Waals surface area contributed by atoms with Gasteiger partial charge in [0, 0.05) is 40.3 Å². The van der Waals surface area contributed by atoms with Gasteiger partial charge in [0.05, 0.1) is 0 Å². The number of benzene rings is 2. The van der Waals surface area contributed by atoms with E-state index in [2.05, 4.69) is 5.32 Å². The zero-order valence-corrected chi connectivity index (χ0v) is 19.2. The van der Waals surface area contributed by atoms with Gasteiger partial charge in [0.25, 0.3) is 11.8 Å². The molecular formula is C25H24N2O5S. The van der Waals surface area contributed by atoms with Crippen LogP contribution in [0.15, 0.2) is 54.6 Å². The molecule has 0 atom stereocenters. The number of para-hydroxylation sites is 1. The van der Waals surface area contributed by atoms with Crippen molar-refractivity contribution in [2.45, 2.75) is 20.5 Å². The number of fused-ring (bicyclic) bond motifs is 3. The Bertz CT molecular complexity index is 1180. The van der Waals surface area contributed by atoms with Crippen molar-refractivity contribution in [2.75, 3.05) is 25.0 Å². The molecule has 170 valence electrons. The molecule has 0 bridgehead atoms. The maximum absolute atomic E-state index is 12.5. The van der Waals surface area contributed by atoms with Gasteiger partial charge in [0.2, 0.25) is 0 Å². The van der Waals surface area contributed by atoms with Crippen molar-refractivity contribution in [3.05, 3.63) is 70.6 Å². The number of amides is 2. The van der Waals surface area contributed by atoms with Crippen molar-refractivity contribution in [3.63, 3.8) is 0 Å². The maximum atomic E-state index is 12.5. The van der Waals surface area contributed by atoms with E-state index < -0.39 is 18.5 Å². The molecule has 8 heteroatoms. The van der Waals surface area contributed by atoms with Crippen molar-refractivity contribution in [3.8, 4) is 16.2 Å². The minimum absolute atomic E-state index is 0.0570. The molecule has 0 saturated heterocycles. The summed E-state index contributed by atoms with van der Waals surface area (Å²) in [6.07, 6.45) is 0. The molecule has 1 aliphatic heterocycles. The second-order valence-electron chi connectivity index (χ2n) is 7.43. The second-order valence-corrected chi connectivity index (χ2v) is 8.48. The fraction of sp³-hybridized carbons (Fsp3) is 0.240. The molecule has 33 heavy (non-hydrogen) atoms. The Balaban J connectivity index is 1.33. The molecule has 2 amide bonds. The normalized spacial score (nSPS) is 11.6. The van der Waals surface area contributed by atoms with E-state index in [0.29, 0.717) is 35.8 Å². The summed E-state index contributed by atoms with van der Waals surface area (Å²) in [5, 5.41) is 2.68. The fourth-order valence-electron chi connectivity index (χ4n) is 3.59. The van der Waals surface area contributed by atoms with Crippen molar-refractivity contribution < 1.29 is 23.9 Å². The Morgan fingerprint density at radius 3 is 2.52 bits per heavy atom. The van der Waals surface area contributed by atoms with Gasteiger partial charge in [-0.15, -0.1) is 11.3 Å². The fourth-order valence-corrected chi connectivity index (χ4v) is 4.68. The molecule has 0 spiro atoms. The molecule has 2 heterocycles. The Hall–Kier alpha value is -3.65. The van der Waals surface area contributed by atoms with E-state index in [0.717, 1.165) is 21.8 Å². The lowest BCUT2D eigenvalue weighted by Gasteiger charge is -2.18. The number of anilines is 1. The van der Waals surface area contributed by atoms with Crippen LogP contribution >= 0.6 is 11.3 Å². The maximum Gasteiger partial charge on any atom is 0.348 e. The van der Waals surface area contributed by atoms with Gasteiger partial charge < -0.3 is 19.7 Å². The molecule has 1 aromatic heterocycles. The predicted molar refractivity (Wildman–Crippen MR) is 127 cm³/mol. The third-order valence-electron chi connectivity index (χ3n) is 5.33. The summed E-state index contributed by atoms with van der Waals surface area (Å²) in [5.41, 5.74) is 2.95. The number of hydrogen-bond donors (Lipinski definition) is 1. The number of nitrogens with one attached hydrogen (secondary N) is 1. The first-order valence-electron chi connectivity index (χ1n) is 10.7. The highest BCUT2D eigenvalue weighted by molar-refractivity contribution is 7.17. The molecule has 1 N–H and O–H groups in total. The highest BCUT2D eigenvalue weighted by atomic mass is 32.1. The number of carbonyl (C=O) groups is 3. The van der Waals surface area contributed by atoms with Crippen LogP contribution in [0.1, 0.15) is 39.4 Å². The molecule has 0 radical (unpaired) electrons. The van der Waals surface area contributed by atoms with E-state index in [-0.39, 0.29) is 5.91 Å². The van der Waals surface area contributed by atoms with Gasteiger partial charge in [0.15, 0.2) is 6.61 Å². The van der Waals surface area contributed by atoms with Crippen LogP contribution in [0.2, 0.25) is 0 Å². The summed E-state index contributed by atoms with van der Waals surface area (Å²) in [6, 6.07) is 16.1. The lowest BCUT2D eigenvalue weighted by atomic mass is 10.1. The summed E-state index contributed by atoms with van der Waals surface area (Å²) in [6.45, 7) is 5.10. The summed E-state index contributed by atoms with van der Waals surface area (Å²) in [4.78, 5) is 40.2. The van der Waals surface area contributed by atoms with Crippen molar-refractivity contribution in [1.29, 1.82) is 0 Å². The summed E-state index contributed by atoms with van der Waals surface area (Å²) < 4.78 is 10.9. The minimum atomic E-state index is -0.554. The highest BCUT2D eigenvalue weighted by Crippen LogP contribution is 2.42.